The van der Waals surface area contributed by atoms with Crippen LogP contribution in [0, 0.1) is 5.92 Å². The Kier molecular flexibility index (Phi) is 11.9. The number of nitrogens with zero attached hydrogens (tertiary/aromatic N) is 2. The molecule has 0 radical (unpaired) electrons. The summed E-state index contributed by atoms with van der Waals surface area (Å²) in [4.78, 5) is 19.5. The minimum absolute atomic E-state index is 0. The summed E-state index contributed by atoms with van der Waals surface area (Å²) >= 11 is 1.70. The van der Waals surface area contributed by atoms with E-state index in [0.29, 0.717) is 13.1 Å². The molecule has 0 spiro atoms. The van der Waals surface area contributed by atoms with E-state index in [-0.39, 0.29) is 36.0 Å². The Labute approximate surface area is 178 Å². The van der Waals surface area contributed by atoms with Gasteiger partial charge < -0.3 is 20.3 Å². The van der Waals surface area contributed by atoms with E-state index in [1.165, 1.54) is 4.88 Å². The van der Waals surface area contributed by atoms with Crippen LogP contribution in [0.15, 0.2) is 22.5 Å². The van der Waals surface area contributed by atoms with Crippen LogP contribution < -0.4 is 10.6 Å². The van der Waals surface area contributed by atoms with Gasteiger partial charge in [0.25, 0.3) is 0 Å². The second-order valence-electron chi connectivity index (χ2n) is 7.12. The molecule has 0 aromatic carbocycles. The number of nitrogens with one attached hydrogen (secondary N) is 2. The van der Waals surface area contributed by atoms with Crippen LogP contribution in [0.2, 0.25) is 0 Å². The van der Waals surface area contributed by atoms with Gasteiger partial charge in [0.15, 0.2) is 5.96 Å². The number of hydrogen-bond acceptors (Lipinski definition) is 4. The number of carbonyl (C=O) groups excluding carboxylic acids is 1. The Morgan fingerprint density at radius 3 is 2.62 bits per heavy atom. The molecule has 1 aromatic heterocycles. The average Bonchev–Trinajstić information content (AvgIpc) is 3.01. The first-order valence-electron chi connectivity index (χ1n) is 8.70. The summed E-state index contributed by atoms with van der Waals surface area (Å²) in [6.07, 6.45) is -0.294. The third kappa shape index (κ3) is 10.8. The maximum Gasteiger partial charge on any atom is 0.410 e. The van der Waals surface area contributed by atoms with Gasteiger partial charge in [-0.25, -0.2) is 9.79 Å². The number of amides is 1. The maximum atomic E-state index is 12.0. The van der Waals surface area contributed by atoms with Crippen LogP contribution in [0.4, 0.5) is 4.79 Å². The molecule has 0 fully saturated rings. The van der Waals surface area contributed by atoms with Crippen molar-refractivity contribution in [3.8, 4) is 0 Å². The molecule has 0 bridgehead atoms. The monoisotopic (exact) mass is 496 g/mol. The molecule has 0 aliphatic heterocycles. The predicted molar refractivity (Wildman–Crippen MR) is 121 cm³/mol. The summed E-state index contributed by atoms with van der Waals surface area (Å²) in [5.74, 6) is 1.06. The fourth-order valence-electron chi connectivity index (χ4n) is 2.12. The van der Waals surface area contributed by atoms with Gasteiger partial charge in [-0.05, 0) is 45.1 Å². The third-order valence-corrected chi connectivity index (χ3v) is 4.09. The van der Waals surface area contributed by atoms with Gasteiger partial charge in [-0.3, -0.25) is 0 Å². The van der Waals surface area contributed by atoms with Gasteiger partial charge in [-0.2, -0.15) is 0 Å². The topological polar surface area (TPSA) is 66.0 Å². The molecule has 0 saturated carbocycles. The van der Waals surface area contributed by atoms with Crippen LogP contribution in [0.5, 0.6) is 0 Å². The summed E-state index contributed by atoms with van der Waals surface area (Å²) in [6.45, 7) is 12.6. The van der Waals surface area contributed by atoms with Gasteiger partial charge in [-0.1, -0.05) is 13.0 Å². The maximum absolute atomic E-state index is 12.0. The van der Waals surface area contributed by atoms with Crippen molar-refractivity contribution < 1.29 is 9.53 Å². The number of ether oxygens (including phenoxy) is 1. The van der Waals surface area contributed by atoms with Gasteiger partial charge in [-0.15, -0.1) is 35.3 Å². The van der Waals surface area contributed by atoms with Crippen molar-refractivity contribution >= 4 is 47.4 Å². The van der Waals surface area contributed by atoms with E-state index in [0.717, 1.165) is 19.0 Å². The van der Waals surface area contributed by atoms with E-state index >= 15 is 0 Å². The van der Waals surface area contributed by atoms with E-state index in [9.17, 15) is 4.79 Å². The number of aliphatic imine (C=N–C) groups is 1. The van der Waals surface area contributed by atoms with E-state index in [2.05, 4.69) is 34.0 Å². The lowest BCUT2D eigenvalue weighted by Crippen LogP contribution is -2.42. The lowest BCUT2D eigenvalue weighted by atomic mass is 10.1. The zero-order valence-electron chi connectivity index (χ0n) is 16.7. The Balaban J connectivity index is 0.00000625. The van der Waals surface area contributed by atoms with Crippen molar-refractivity contribution in [2.75, 3.05) is 26.7 Å². The Morgan fingerprint density at radius 1 is 1.38 bits per heavy atom. The summed E-state index contributed by atoms with van der Waals surface area (Å²) in [5.41, 5.74) is -0.473. The molecule has 1 heterocycles. The minimum Gasteiger partial charge on any atom is -0.444 e. The number of halogens is 1. The molecule has 1 unspecified atom stereocenters. The quantitative estimate of drug-likeness (QED) is 0.341. The van der Waals surface area contributed by atoms with Gasteiger partial charge in [0.1, 0.15) is 5.60 Å². The number of rotatable bonds is 7. The van der Waals surface area contributed by atoms with E-state index in [1.54, 1.807) is 23.3 Å². The molecule has 1 amide bonds. The summed E-state index contributed by atoms with van der Waals surface area (Å²) < 4.78 is 5.38. The molecule has 1 atom stereocenters. The second-order valence-corrected chi connectivity index (χ2v) is 8.15. The Bertz CT molecular complexity index is 544. The standard InChI is InChI=1S/C18H32N4O2S.HI/c1-7-19-16(21-12-15-9-8-10-25-15)20-11-14(2)13-22(6)17(23)24-18(3,4)5;/h8-10,14H,7,11-13H2,1-6H3,(H2,19,20,21);1H. The van der Waals surface area contributed by atoms with Gasteiger partial charge in [0.05, 0.1) is 6.54 Å². The highest BCUT2D eigenvalue weighted by Gasteiger charge is 2.20. The summed E-state index contributed by atoms with van der Waals surface area (Å²) in [5, 5.41) is 8.64. The molecule has 1 rings (SSSR count). The highest BCUT2D eigenvalue weighted by molar-refractivity contribution is 14.0. The first kappa shape index (κ1) is 25.0. The zero-order valence-corrected chi connectivity index (χ0v) is 19.8. The fraction of sp³-hybridized carbons (Fsp3) is 0.667. The van der Waals surface area contributed by atoms with Crippen LogP contribution >= 0.6 is 35.3 Å². The minimum atomic E-state index is -0.473. The molecule has 26 heavy (non-hydrogen) atoms. The Morgan fingerprint density at radius 2 is 2.08 bits per heavy atom. The third-order valence-electron chi connectivity index (χ3n) is 3.23. The Hall–Kier alpha value is -1.03. The summed E-state index contributed by atoms with van der Waals surface area (Å²) in [7, 11) is 1.76. The number of carbonyl (C=O) groups is 1. The lowest BCUT2D eigenvalue weighted by Gasteiger charge is -2.26. The van der Waals surface area contributed by atoms with Gasteiger partial charge >= 0.3 is 6.09 Å². The van der Waals surface area contributed by atoms with Crippen molar-refractivity contribution in [3.63, 3.8) is 0 Å². The van der Waals surface area contributed by atoms with Crippen molar-refractivity contribution in [1.82, 2.24) is 15.5 Å². The van der Waals surface area contributed by atoms with Crippen molar-refractivity contribution in [2.24, 2.45) is 10.9 Å². The zero-order chi connectivity index (χ0) is 18.9. The van der Waals surface area contributed by atoms with Crippen LogP contribution in [-0.4, -0.2) is 49.2 Å². The SMILES string of the molecule is CCNC(=NCc1cccs1)NCC(C)CN(C)C(=O)OC(C)(C)C.I. The highest BCUT2D eigenvalue weighted by atomic mass is 127. The predicted octanol–water partition coefficient (Wildman–Crippen LogP) is 3.92. The highest BCUT2D eigenvalue weighted by Crippen LogP contribution is 2.10. The number of hydrogen-bond donors (Lipinski definition) is 2. The molecular weight excluding hydrogens is 463 g/mol. The summed E-state index contributed by atoms with van der Waals surface area (Å²) in [6, 6.07) is 4.11. The van der Waals surface area contributed by atoms with Crippen LogP contribution in [-0.2, 0) is 11.3 Å². The van der Waals surface area contributed by atoms with Crippen molar-refractivity contribution in [3.05, 3.63) is 22.4 Å². The van der Waals surface area contributed by atoms with Gasteiger partial charge in [0, 0.05) is 31.6 Å². The molecule has 0 saturated heterocycles. The normalized spacial score (nSPS) is 12.8. The fourth-order valence-corrected chi connectivity index (χ4v) is 2.75. The first-order valence-corrected chi connectivity index (χ1v) is 9.58. The average molecular weight is 496 g/mol. The first-order chi connectivity index (χ1) is 11.7. The van der Waals surface area contributed by atoms with Crippen LogP contribution in [0.1, 0.15) is 39.5 Å². The molecule has 0 aliphatic carbocycles. The van der Waals surface area contributed by atoms with E-state index in [1.807, 2.05) is 33.8 Å². The van der Waals surface area contributed by atoms with E-state index in [4.69, 9.17) is 4.74 Å². The second kappa shape index (κ2) is 12.4. The van der Waals surface area contributed by atoms with Crippen LogP contribution in [0.3, 0.4) is 0 Å². The van der Waals surface area contributed by atoms with Crippen molar-refractivity contribution in [1.29, 1.82) is 0 Å². The molecule has 2 N–H and O–H groups in total. The molecule has 0 aliphatic rings. The molecular formula is C18H33IN4O2S. The largest absolute Gasteiger partial charge is 0.444 e. The lowest BCUT2D eigenvalue weighted by molar-refractivity contribution is 0.0278. The van der Waals surface area contributed by atoms with Crippen LogP contribution in [0.25, 0.3) is 0 Å². The van der Waals surface area contributed by atoms with E-state index < -0.39 is 5.60 Å². The smallest absolute Gasteiger partial charge is 0.410 e. The molecule has 8 heteroatoms. The number of thiophene rings is 1. The van der Waals surface area contributed by atoms with Gasteiger partial charge in [0.2, 0.25) is 0 Å². The molecule has 1 aromatic rings. The number of guanidine groups is 1. The molecule has 6 nitrogen and oxygen atoms in total. The molecule has 150 valence electrons. The van der Waals surface area contributed by atoms with Crippen molar-refractivity contribution in [2.45, 2.75) is 46.8 Å².